The molecule has 140 valence electrons. The van der Waals surface area contributed by atoms with Crippen LogP contribution in [-0.4, -0.2) is 15.1 Å². The van der Waals surface area contributed by atoms with Gasteiger partial charge in [0.1, 0.15) is 10.1 Å². The first-order valence-electron chi connectivity index (χ1n) is 8.41. The van der Waals surface area contributed by atoms with Gasteiger partial charge < -0.3 is 4.42 Å². The number of amides is 1. The molecule has 1 aliphatic rings. The Kier molecular flexibility index (Phi) is 5.92. The van der Waals surface area contributed by atoms with Crippen molar-refractivity contribution in [2.45, 2.75) is 16.5 Å². The molecule has 3 aromatic rings. The van der Waals surface area contributed by atoms with Gasteiger partial charge in [-0.3, -0.25) is 9.69 Å². The third-order valence-corrected chi connectivity index (χ3v) is 6.52. The Morgan fingerprint density at radius 3 is 2.57 bits per heavy atom. The van der Waals surface area contributed by atoms with Gasteiger partial charge in [-0.05, 0) is 42.0 Å². The maximum atomic E-state index is 12.7. The van der Waals surface area contributed by atoms with Crippen molar-refractivity contribution in [2.75, 3.05) is 0 Å². The standard InChI is InChI=1S/C21H14ClNO2S3/c22-15-6-9-17(10-7-15)27-19-11-8-16(25-19)12-18-20(24)23(21(26)28-18)13-14-4-2-1-3-5-14/h1-12H,13H2/b18-12-. The Hall–Kier alpha value is -1.99. The molecule has 4 rings (SSSR count). The SMILES string of the molecule is O=C1/C(=C/c2ccc(Sc3ccc(Cl)cc3)o2)SC(=S)N1Cc1ccccc1. The summed E-state index contributed by atoms with van der Waals surface area (Å²) < 4.78 is 6.40. The molecular formula is C21H14ClNO2S3. The van der Waals surface area contributed by atoms with Crippen LogP contribution in [-0.2, 0) is 11.3 Å². The van der Waals surface area contributed by atoms with E-state index in [2.05, 4.69) is 0 Å². The first kappa shape index (κ1) is 19.3. The minimum Gasteiger partial charge on any atom is -0.450 e. The van der Waals surface area contributed by atoms with Crippen LogP contribution >= 0.6 is 47.3 Å². The summed E-state index contributed by atoms with van der Waals surface area (Å²) in [6, 6.07) is 21.1. The number of hydrogen-bond donors (Lipinski definition) is 0. The third-order valence-electron chi connectivity index (χ3n) is 3.96. The van der Waals surface area contributed by atoms with Gasteiger partial charge in [0.25, 0.3) is 5.91 Å². The van der Waals surface area contributed by atoms with Gasteiger partial charge in [-0.15, -0.1) is 0 Å². The Morgan fingerprint density at radius 2 is 1.82 bits per heavy atom. The maximum Gasteiger partial charge on any atom is 0.266 e. The molecule has 1 aromatic heterocycles. The van der Waals surface area contributed by atoms with E-state index in [4.69, 9.17) is 28.2 Å². The summed E-state index contributed by atoms with van der Waals surface area (Å²) in [5.41, 5.74) is 1.04. The molecule has 2 heterocycles. The third kappa shape index (κ3) is 4.52. The Balaban J connectivity index is 1.47. The van der Waals surface area contributed by atoms with Gasteiger partial charge in [0, 0.05) is 16.0 Å². The van der Waals surface area contributed by atoms with Crippen molar-refractivity contribution in [2.24, 2.45) is 0 Å². The lowest BCUT2D eigenvalue weighted by atomic mass is 10.2. The molecule has 1 fully saturated rings. The van der Waals surface area contributed by atoms with Gasteiger partial charge in [-0.1, -0.05) is 77.7 Å². The molecule has 1 aliphatic heterocycles. The zero-order valence-electron chi connectivity index (χ0n) is 14.5. The molecule has 2 aromatic carbocycles. The fourth-order valence-electron chi connectivity index (χ4n) is 2.62. The highest BCUT2D eigenvalue weighted by atomic mass is 35.5. The van der Waals surface area contributed by atoms with Gasteiger partial charge in [-0.2, -0.15) is 0 Å². The number of furan rings is 1. The lowest BCUT2D eigenvalue weighted by molar-refractivity contribution is -0.122. The second-order valence-corrected chi connectivity index (χ2v) is 9.16. The smallest absolute Gasteiger partial charge is 0.266 e. The molecule has 0 spiro atoms. The molecule has 0 atom stereocenters. The van der Waals surface area contributed by atoms with Crippen LogP contribution in [0.15, 0.2) is 86.0 Å². The topological polar surface area (TPSA) is 33.5 Å². The van der Waals surface area contributed by atoms with Crippen molar-refractivity contribution in [1.82, 2.24) is 4.90 Å². The number of thioether (sulfide) groups is 1. The Bertz CT molecular complexity index is 1050. The number of thiocarbonyl (C=S) groups is 1. The Labute approximate surface area is 181 Å². The van der Waals surface area contributed by atoms with Crippen LogP contribution in [0.2, 0.25) is 5.02 Å². The minimum absolute atomic E-state index is 0.0952. The fourth-order valence-corrected chi connectivity index (χ4v) is 4.76. The monoisotopic (exact) mass is 443 g/mol. The summed E-state index contributed by atoms with van der Waals surface area (Å²) >= 11 is 14.1. The highest BCUT2D eigenvalue weighted by molar-refractivity contribution is 8.26. The van der Waals surface area contributed by atoms with E-state index in [-0.39, 0.29) is 5.91 Å². The van der Waals surface area contributed by atoms with E-state index in [1.54, 1.807) is 11.0 Å². The number of rotatable bonds is 5. The van der Waals surface area contributed by atoms with Gasteiger partial charge in [-0.25, -0.2) is 0 Å². The lowest BCUT2D eigenvalue weighted by Gasteiger charge is -2.14. The molecule has 0 bridgehead atoms. The molecule has 0 unspecified atom stereocenters. The summed E-state index contributed by atoms with van der Waals surface area (Å²) in [6.45, 7) is 0.471. The average molecular weight is 444 g/mol. The van der Waals surface area contributed by atoms with E-state index < -0.39 is 0 Å². The summed E-state index contributed by atoms with van der Waals surface area (Å²) in [6.07, 6.45) is 1.75. The number of hydrogen-bond acceptors (Lipinski definition) is 5. The summed E-state index contributed by atoms with van der Waals surface area (Å²) in [5, 5.41) is 1.44. The van der Waals surface area contributed by atoms with Crippen LogP contribution in [0.25, 0.3) is 6.08 Å². The van der Waals surface area contributed by atoms with Crippen molar-refractivity contribution in [3.8, 4) is 0 Å². The quantitative estimate of drug-likeness (QED) is 0.332. The summed E-state index contributed by atoms with van der Waals surface area (Å²) in [5.74, 6) is 0.527. The normalized spacial score (nSPS) is 15.6. The molecule has 0 saturated carbocycles. The van der Waals surface area contributed by atoms with Crippen molar-refractivity contribution < 1.29 is 9.21 Å². The van der Waals surface area contributed by atoms with E-state index in [0.717, 1.165) is 15.6 Å². The fraction of sp³-hybridized carbons (Fsp3) is 0.0476. The van der Waals surface area contributed by atoms with Crippen molar-refractivity contribution in [1.29, 1.82) is 0 Å². The number of benzene rings is 2. The van der Waals surface area contributed by atoms with Crippen LogP contribution < -0.4 is 0 Å². The van der Waals surface area contributed by atoms with Gasteiger partial charge >= 0.3 is 0 Å². The Morgan fingerprint density at radius 1 is 1.07 bits per heavy atom. The molecule has 7 heteroatoms. The summed E-state index contributed by atoms with van der Waals surface area (Å²) in [7, 11) is 0. The van der Waals surface area contributed by atoms with Crippen LogP contribution in [0.4, 0.5) is 0 Å². The number of carbonyl (C=O) groups excluding carboxylic acids is 1. The molecule has 28 heavy (non-hydrogen) atoms. The van der Waals surface area contributed by atoms with Crippen LogP contribution in [0.1, 0.15) is 11.3 Å². The second-order valence-electron chi connectivity index (χ2n) is 5.97. The van der Waals surface area contributed by atoms with E-state index in [1.165, 1.54) is 23.5 Å². The molecule has 1 saturated heterocycles. The predicted molar refractivity (Wildman–Crippen MR) is 119 cm³/mol. The van der Waals surface area contributed by atoms with Crippen LogP contribution in [0, 0.1) is 0 Å². The van der Waals surface area contributed by atoms with E-state index in [0.29, 0.717) is 26.6 Å². The van der Waals surface area contributed by atoms with E-state index in [1.807, 2.05) is 66.7 Å². The maximum absolute atomic E-state index is 12.7. The van der Waals surface area contributed by atoms with E-state index in [9.17, 15) is 4.79 Å². The van der Waals surface area contributed by atoms with Crippen molar-refractivity contribution in [3.05, 3.63) is 88.0 Å². The zero-order valence-corrected chi connectivity index (χ0v) is 17.7. The predicted octanol–water partition coefficient (Wildman–Crippen LogP) is 6.49. The molecular weight excluding hydrogens is 430 g/mol. The van der Waals surface area contributed by atoms with E-state index >= 15 is 0 Å². The first-order valence-corrected chi connectivity index (χ1v) is 10.8. The first-order chi connectivity index (χ1) is 13.6. The number of nitrogens with zero attached hydrogens (tertiary/aromatic N) is 1. The number of halogens is 1. The van der Waals surface area contributed by atoms with Crippen molar-refractivity contribution in [3.63, 3.8) is 0 Å². The van der Waals surface area contributed by atoms with Crippen molar-refractivity contribution >= 4 is 63.6 Å². The zero-order chi connectivity index (χ0) is 19.5. The average Bonchev–Trinajstić information content (AvgIpc) is 3.24. The molecule has 1 amide bonds. The molecule has 0 aliphatic carbocycles. The molecule has 0 radical (unpaired) electrons. The van der Waals surface area contributed by atoms with Crippen LogP contribution in [0.3, 0.4) is 0 Å². The largest absolute Gasteiger partial charge is 0.450 e. The number of carbonyl (C=O) groups is 1. The van der Waals surface area contributed by atoms with Gasteiger partial charge in [0.2, 0.25) is 0 Å². The molecule has 3 nitrogen and oxygen atoms in total. The molecule has 0 N–H and O–H groups in total. The lowest BCUT2D eigenvalue weighted by Crippen LogP contribution is -2.27. The highest BCUT2D eigenvalue weighted by Gasteiger charge is 2.32. The van der Waals surface area contributed by atoms with Crippen LogP contribution in [0.5, 0.6) is 0 Å². The van der Waals surface area contributed by atoms with Gasteiger partial charge in [0.05, 0.1) is 11.4 Å². The highest BCUT2D eigenvalue weighted by Crippen LogP contribution is 2.35. The second kappa shape index (κ2) is 8.57. The minimum atomic E-state index is -0.0952. The van der Waals surface area contributed by atoms with Gasteiger partial charge in [0.15, 0.2) is 5.09 Å². The summed E-state index contributed by atoms with van der Waals surface area (Å²) in [4.78, 5) is 16.0.